The van der Waals surface area contributed by atoms with Crippen LogP contribution in [0.15, 0.2) is 18.2 Å². The maximum absolute atomic E-state index is 11.6. The van der Waals surface area contributed by atoms with Crippen LogP contribution in [0.4, 0.5) is 5.69 Å². The van der Waals surface area contributed by atoms with E-state index < -0.39 is 0 Å². The molecule has 2 N–H and O–H groups in total. The van der Waals surface area contributed by atoms with Crippen molar-refractivity contribution in [1.29, 1.82) is 0 Å². The summed E-state index contributed by atoms with van der Waals surface area (Å²) in [5.41, 5.74) is 6.93. The Morgan fingerprint density at radius 3 is 2.53 bits per heavy atom. The Bertz CT molecular complexity index is 458. The number of hydrogen-bond acceptors (Lipinski definition) is 3. The van der Waals surface area contributed by atoms with Crippen molar-refractivity contribution in [2.45, 2.75) is 25.8 Å². The number of nitrogen functional groups attached to an aromatic ring is 1. The van der Waals surface area contributed by atoms with E-state index in [0.717, 1.165) is 0 Å². The van der Waals surface area contributed by atoms with Crippen LogP contribution in [-0.4, -0.2) is 16.7 Å². The smallest absolute Gasteiger partial charge is 0.229 e. The standard InChI is InChI=1S/C12H13ClN2O2/c13-10-5-4-9(14)6-8(10)7-15-11(16)2-1-3-12(15)17/h4-6H,1-3,7,14H2. The zero-order chi connectivity index (χ0) is 12.4. The zero-order valence-electron chi connectivity index (χ0n) is 9.28. The first-order chi connectivity index (χ1) is 8.08. The zero-order valence-corrected chi connectivity index (χ0v) is 10.0. The van der Waals surface area contributed by atoms with Crippen LogP contribution in [-0.2, 0) is 16.1 Å². The molecule has 2 rings (SSSR count). The minimum absolute atomic E-state index is 0.139. The molecule has 1 saturated heterocycles. The first-order valence-corrected chi connectivity index (χ1v) is 5.83. The summed E-state index contributed by atoms with van der Waals surface area (Å²) in [5.74, 6) is -0.278. The molecule has 0 spiro atoms. The van der Waals surface area contributed by atoms with Gasteiger partial charge < -0.3 is 5.73 Å². The highest BCUT2D eigenvalue weighted by Gasteiger charge is 2.26. The first-order valence-electron chi connectivity index (χ1n) is 5.45. The molecule has 17 heavy (non-hydrogen) atoms. The van der Waals surface area contributed by atoms with Crippen molar-refractivity contribution in [3.8, 4) is 0 Å². The van der Waals surface area contributed by atoms with Gasteiger partial charge in [-0.1, -0.05) is 11.6 Å². The van der Waals surface area contributed by atoms with E-state index in [-0.39, 0.29) is 18.4 Å². The average molecular weight is 253 g/mol. The van der Waals surface area contributed by atoms with Crippen LogP contribution >= 0.6 is 11.6 Å². The lowest BCUT2D eigenvalue weighted by molar-refractivity contribution is -0.148. The number of anilines is 1. The van der Waals surface area contributed by atoms with Crippen molar-refractivity contribution in [2.24, 2.45) is 0 Å². The molecule has 0 unspecified atom stereocenters. The van der Waals surface area contributed by atoms with Gasteiger partial charge in [0.1, 0.15) is 0 Å². The molecular formula is C12H13ClN2O2. The number of nitrogens with two attached hydrogens (primary N) is 1. The van der Waals surface area contributed by atoms with Crippen LogP contribution in [0.1, 0.15) is 24.8 Å². The van der Waals surface area contributed by atoms with E-state index in [1.807, 2.05) is 0 Å². The van der Waals surface area contributed by atoms with Crippen molar-refractivity contribution in [1.82, 2.24) is 4.90 Å². The van der Waals surface area contributed by atoms with Gasteiger partial charge in [0.05, 0.1) is 6.54 Å². The van der Waals surface area contributed by atoms with Gasteiger partial charge in [0.15, 0.2) is 0 Å². The fourth-order valence-corrected chi connectivity index (χ4v) is 2.04. The molecule has 1 fully saturated rings. The minimum atomic E-state index is -0.139. The summed E-state index contributed by atoms with van der Waals surface area (Å²) in [6.07, 6.45) is 1.48. The van der Waals surface area contributed by atoms with E-state index in [9.17, 15) is 9.59 Å². The van der Waals surface area contributed by atoms with Crippen LogP contribution in [0, 0.1) is 0 Å². The van der Waals surface area contributed by atoms with Crippen LogP contribution < -0.4 is 5.73 Å². The fraction of sp³-hybridized carbons (Fsp3) is 0.333. The summed E-state index contributed by atoms with van der Waals surface area (Å²) < 4.78 is 0. The van der Waals surface area contributed by atoms with Gasteiger partial charge in [-0.05, 0) is 30.2 Å². The molecule has 2 amide bonds. The third-order valence-corrected chi connectivity index (χ3v) is 3.15. The monoisotopic (exact) mass is 252 g/mol. The van der Waals surface area contributed by atoms with E-state index in [0.29, 0.717) is 35.5 Å². The second-order valence-electron chi connectivity index (χ2n) is 4.08. The molecule has 4 nitrogen and oxygen atoms in total. The Balaban J connectivity index is 2.21. The van der Waals surface area contributed by atoms with E-state index >= 15 is 0 Å². The second-order valence-corrected chi connectivity index (χ2v) is 4.49. The van der Waals surface area contributed by atoms with Gasteiger partial charge in [0.25, 0.3) is 0 Å². The largest absolute Gasteiger partial charge is 0.399 e. The van der Waals surface area contributed by atoms with E-state index in [1.54, 1.807) is 18.2 Å². The van der Waals surface area contributed by atoms with E-state index in [1.165, 1.54) is 4.90 Å². The highest BCUT2D eigenvalue weighted by molar-refractivity contribution is 6.31. The molecule has 0 saturated carbocycles. The van der Waals surface area contributed by atoms with Crippen LogP contribution in [0.5, 0.6) is 0 Å². The van der Waals surface area contributed by atoms with Crippen molar-refractivity contribution in [3.05, 3.63) is 28.8 Å². The van der Waals surface area contributed by atoms with Gasteiger partial charge in [-0.25, -0.2) is 0 Å². The van der Waals surface area contributed by atoms with Gasteiger partial charge in [-0.2, -0.15) is 0 Å². The molecule has 1 heterocycles. The number of benzene rings is 1. The topological polar surface area (TPSA) is 63.4 Å². The van der Waals surface area contributed by atoms with Crippen molar-refractivity contribution >= 4 is 29.1 Å². The van der Waals surface area contributed by atoms with E-state index in [2.05, 4.69) is 0 Å². The molecule has 1 aromatic rings. The second kappa shape index (κ2) is 4.75. The van der Waals surface area contributed by atoms with Crippen molar-refractivity contribution in [3.63, 3.8) is 0 Å². The van der Waals surface area contributed by atoms with Crippen LogP contribution in [0.2, 0.25) is 5.02 Å². The highest BCUT2D eigenvalue weighted by atomic mass is 35.5. The van der Waals surface area contributed by atoms with Gasteiger partial charge in [0, 0.05) is 23.6 Å². The predicted octanol–water partition coefficient (Wildman–Crippen LogP) is 1.96. The number of halogens is 1. The normalized spacial score (nSPS) is 16.4. The Morgan fingerprint density at radius 2 is 1.88 bits per heavy atom. The number of amides is 2. The van der Waals surface area contributed by atoms with Gasteiger partial charge in [-0.3, -0.25) is 14.5 Å². The molecular weight excluding hydrogens is 240 g/mol. The maximum Gasteiger partial charge on any atom is 0.229 e. The summed E-state index contributed by atoms with van der Waals surface area (Å²) in [5, 5.41) is 0.519. The van der Waals surface area contributed by atoms with Gasteiger partial charge in [0.2, 0.25) is 11.8 Å². The number of hydrogen-bond donors (Lipinski definition) is 1. The number of imide groups is 1. The minimum Gasteiger partial charge on any atom is -0.399 e. The number of carbonyl (C=O) groups is 2. The molecule has 1 aliphatic heterocycles. The van der Waals surface area contributed by atoms with Crippen molar-refractivity contribution in [2.75, 3.05) is 5.73 Å². The predicted molar refractivity (Wildman–Crippen MR) is 65.3 cm³/mol. The lowest BCUT2D eigenvalue weighted by Crippen LogP contribution is -2.39. The molecule has 90 valence electrons. The summed E-state index contributed by atoms with van der Waals surface area (Å²) in [7, 11) is 0. The average Bonchev–Trinajstić information content (AvgIpc) is 2.28. The number of carbonyl (C=O) groups excluding carboxylic acids is 2. The summed E-state index contributed by atoms with van der Waals surface area (Å²) in [6, 6.07) is 5.05. The molecule has 0 aromatic heterocycles. The van der Waals surface area contributed by atoms with Crippen LogP contribution in [0.3, 0.4) is 0 Å². The molecule has 0 aliphatic carbocycles. The fourth-order valence-electron chi connectivity index (χ4n) is 1.86. The summed E-state index contributed by atoms with van der Waals surface area (Å²) >= 11 is 6.01. The third kappa shape index (κ3) is 2.58. The molecule has 5 heteroatoms. The van der Waals surface area contributed by atoms with Gasteiger partial charge in [-0.15, -0.1) is 0 Å². The number of rotatable bonds is 2. The Labute approximate surface area is 104 Å². The lowest BCUT2D eigenvalue weighted by atomic mass is 10.1. The summed E-state index contributed by atoms with van der Waals surface area (Å²) in [6.45, 7) is 0.210. The Morgan fingerprint density at radius 1 is 1.24 bits per heavy atom. The van der Waals surface area contributed by atoms with Crippen molar-refractivity contribution < 1.29 is 9.59 Å². The van der Waals surface area contributed by atoms with Crippen LogP contribution in [0.25, 0.3) is 0 Å². The van der Waals surface area contributed by atoms with E-state index in [4.69, 9.17) is 17.3 Å². The highest BCUT2D eigenvalue weighted by Crippen LogP contribution is 2.23. The Hall–Kier alpha value is -1.55. The molecule has 0 atom stereocenters. The molecule has 1 aliphatic rings. The summed E-state index contributed by atoms with van der Waals surface area (Å²) in [4.78, 5) is 24.5. The first kappa shape index (κ1) is 11.9. The molecule has 0 bridgehead atoms. The third-order valence-electron chi connectivity index (χ3n) is 2.78. The quantitative estimate of drug-likeness (QED) is 0.646. The maximum atomic E-state index is 11.6. The number of nitrogens with zero attached hydrogens (tertiary/aromatic N) is 1. The number of piperidine rings is 1. The SMILES string of the molecule is Nc1ccc(Cl)c(CN2C(=O)CCCC2=O)c1. The molecule has 1 aromatic carbocycles. The Kier molecular flexibility index (Phi) is 3.33. The lowest BCUT2D eigenvalue weighted by Gasteiger charge is -2.25. The molecule has 0 radical (unpaired) electrons. The van der Waals surface area contributed by atoms with Gasteiger partial charge >= 0.3 is 0 Å². The number of likely N-dealkylation sites (tertiary alicyclic amines) is 1.